The molecule has 0 saturated heterocycles. The number of rotatable bonds is 3. The zero-order valence-electron chi connectivity index (χ0n) is 11.3. The highest BCUT2D eigenvalue weighted by molar-refractivity contribution is 5.00. The van der Waals surface area contributed by atoms with Crippen LogP contribution in [0.15, 0.2) is 0 Å². The van der Waals surface area contributed by atoms with Crippen molar-refractivity contribution in [2.24, 2.45) is 5.92 Å². The molecule has 0 atom stereocenters. The number of hydrogen-bond donors (Lipinski definition) is 1. The Kier molecular flexibility index (Phi) is 3.96. The van der Waals surface area contributed by atoms with Crippen molar-refractivity contribution in [2.45, 2.75) is 76.5 Å². The number of aromatic amines is 1. The van der Waals surface area contributed by atoms with Gasteiger partial charge in [-0.1, -0.05) is 51.4 Å². The van der Waals surface area contributed by atoms with Crippen molar-refractivity contribution in [1.82, 2.24) is 15.2 Å². The molecule has 0 unspecified atom stereocenters. The van der Waals surface area contributed by atoms with Crippen LogP contribution < -0.4 is 0 Å². The zero-order chi connectivity index (χ0) is 12.2. The van der Waals surface area contributed by atoms with Crippen LogP contribution in [0.2, 0.25) is 0 Å². The van der Waals surface area contributed by atoms with E-state index in [1.165, 1.54) is 64.2 Å². The lowest BCUT2D eigenvalue weighted by Crippen LogP contribution is -2.10. The van der Waals surface area contributed by atoms with Gasteiger partial charge in [-0.3, -0.25) is 5.10 Å². The highest BCUT2D eigenvalue weighted by Crippen LogP contribution is 2.31. The normalized spacial score (nSPS) is 23.3. The van der Waals surface area contributed by atoms with E-state index >= 15 is 0 Å². The Balaban J connectivity index is 1.58. The van der Waals surface area contributed by atoms with Gasteiger partial charge in [-0.25, -0.2) is 4.98 Å². The Hall–Kier alpha value is -0.860. The van der Waals surface area contributed by atoms with Crippen LogP contribution in [0.3, 0.4) is 0 Å². The highest BCUT2D eigenvalue weighted by Gasteiger charge is 2.21. The Morgan fingerprint density at radius 1 is 0.889 bits per heavy atom. The summed E-state index contributed by atoms with van der Waals surface area (Å²) in [6.07, 6.45) is 14.9. The van der Waals surface area contributed by atoms with Crippen LogP contribution in [-0.2, 0) is 6.42 Å². The number of aromatic nitrogens is 3. The maximum Gasteiger partial charge on any atom is 0.153 e. The summed E-state index contributed by atoms with van der Waals surface area (Å²) in [5, 5.41) is 7.66. The van der Waals surface area contributed by atoms with Gasteiger partial charge in [0.05, 0.1) is 0 Å². The molecule has 1 aromatic heterocycles. The molecule has 1 aromatic rings. The monoisotopic (exact) mass is 247 g/mol. The molecule has 18 heavy (non-hydrogen) atoms. The van der Waals surface area contributed by atoms with Gasteiger partial charge in [0.15, 0.2) is 5.82 Å². The largest absolute Gasteiger partial charge is 0.263 e. The topological polar surface area (TPSA) is 41.6 Å². The molecule has 2 aliphatic rings. The minimum absolute atomic E-state index is 0.634. The summed E-state index contributed by atoms with van der Waals surface area (Å²) in [5.41, 5.74) is 0. The quantitative estimate of drug-likeness (QED) is 0.878. The third kappa shape index (κ3) is 2.93. The first-order valence-electron chi connectivity index (χ1n) is 7.83. The summed E-state index contributed by atoms with van der Waals surface area (Å²) < 4.78 is 0. The SMILES string of the molecule is C1CCC(Cc2nc(C3CCCCC3)n[nH]2)CC1. The van der Waals surface area contributed by atoms with E-state index in [1.54, 1.807) is 0 Å². The molecule has 0 bridgehead atoms. The van der Waals surface area contributed by atoms with Gasteiger partial charge in [-0.15, -0.1) is 0 Å². The Morgan fingerprint density at radius 2 is 1.56 bits per heavy atom. The maximum absolute atomic E-state index is 4.76. The van der Waals surface area contributed by atoms with E-state index in [0.29, 0.717) is 5.92 Å². The van der Waals surface area contributed by atoms with E-state index in [9.17, 15) is 0 Å². The van der Waals surface area contributed by atoms with E-state index in [0.717, 1.165) is 24.0 Å². The lowest BCUT2D eigenvalue weighted by Gasteiger charge is -2.20. The fourth-order valence-corrected chi connectivity index (χ4v) is 3.61. The standard InChI is InChI=1S/C15H25N3/c1-3-7-12(8-4-1)11-14-16-15(18-17-14)13-9-5-2-6-10-13/h12-13H,1-11H2,(H,16,17,18). The average Bonchev–Trinajstić information content (AvgIpc) is 2.89. The first-order valence-corrected chi connectivity index (χ1v) is 7.83. The second-order valence-corrected chi connectivity index (χ2v) is 6.18. The molecule has 0 aromatic carbocycles. The van der Waals surface area contributed by atoms with E-state index in [2.05, 4.69) is 10.2 Å². The van der Waals surface area contributed by atoms with E-state index in [-0.39, 0.29) is 0 Å². The van der Waals surface area contributed by atoms with Gasteiger partial charge in [0, 0.05) is 12.3 Å². The molecule has 1 heterocycles. The van der Waals surface area contributed by atoms with Gasteiger partial charge >= 0.3 is 0 Å². The molecular formula is C15H25N3. The smallest absolute Gasteiger partial charge is 0.153 e. The molecule has 3 rings (SSSR count). The van der Waals surface area contributed by atoms with E-state index in [1.807, 2.05) is 0 Å². The van der Waals surface area contributed by atoms with Crippen molar-refractivity contribution in [3.8, 4) is 0 Å². The fourth-order valence-electron chi connectivity index (χ4n) is 3.61. The molecule has 0 spiro atoms. The Bertz CT molecular complexity index is 360. The lowest BCUT2D eigenvalue weighted by molar-refractivity contribution is 0.351. The third-order valence-electron chi connectivity index (χ3n) is 4.73. The second kappa shape index (κ2) is 5.85. The molecule has 0 radical (unpaired) electrons. The third-order valence-corrected chi connectivity index (χ3v) is 4.73. The van der Waals surface area contributed by atoms with Crippen LogP contribution in [0.5, 0.6) is 0 Å². The maximum atomic E-state index is 4.76. The molecule has 0 amide bonds. The van der Waals surface area contributed by atoms with E-state index < -0.39 is 0 Å². The van der Waals surface area contributed by atoms with Crippen molar-refractivity contribution in [2.75, 3.05) is 0 Å². The summed E-state index contributed by atoms with van der Waals surface area (Å²) in [6.45, 7) is 0. The van der Waals surface area contributed by atoms with Gasteiger partial charge in [0.2, 0.25) is 0 Å². The van der Waals surface area contributed by atoms with Gasteiger partial charge in [-0.05, 0) is 18.8 Å². The molecule has 2 aliphatic carbocycles. The summed E-state index contributed by atoms with van der Waals surface area (Å²) in [4.78, 5) is 4.76. The first-order chi connectivity index (χ1) is 8.92. The van der Waals surface area contributed by atoms with E-state index in [4.69, 9.17) is 4.98 Å². The molecule has 100 valence electrons. The summed E-state index contributed by atoms with van der Waals surface area (Å²) in [5.74, 6) is 3.73. The van der Waals surface area contributed by atoms with Crippen molar-refractivity contribution >= 4 is 0 Å². The van der Waals surface area contributed by atoms with Crippen LogP contribution in [-0.4, -0.2) is 15.2 Å². The lowest BCUT2D eigenvalue weighted by atomic mass is 9.87. The highest BCUT2D eigenvalue weighted by atomic mass is 15.2. The number of H-pyrrole nitrogens is 1. The van der Waals surface area contributed by atoms with Crippen LogP contribution in [0, 0.1) is 5.92 Å². The molecule has 2 saturated carbocycles. The van der Waals surface area contributed by atoms with Crippen LogP contribution >= 0.6 is 0 Å². The summed E-state index contributed by atoms with van der Waals surface area (Å²) in [6, 6.07) is 0. The summed E-state index contributed by atoms with van der Waals surface area (Å²) >= 11 is 0. The molecular weight excluding hydrogens is 222 g/mol. The Labute approximate surface area is 110 Å². The van der Waals surface area contributed by atoms with Crippen molar-refractivity contribution in [1.29, 1.82) is 0 Å². The van der Waals surface area contributed by atoms with Gasteiger partial charge < -0.3 is 0 Å². The molecule has 3 heteroatoms. The minimum Gasteiger partial charge on any atom is -0.263 e. The van der Waals surface area contributed by atoms with Crippen molar-refractivity contribution < 1.29 is 0 Å². The molecule has 2 fully saturated rings. The first kappa shape index (κ1) is 12.2. The number of nitrogens with zero attached hydrogens (tertiary/aromatic N) is 2. The van der Waals surface area contributed by atoms with Crippen molar-refractivity contribution in [3.63, 3.8) is 0 Å². The molecule has 1 N–H and O–H groups in total. The van der Waals surface area contributed by atoms with Crippen molar-refractivity contribution in [3.05, 3.63) is 11.6 Å². The molecule has 0 aliphatic heterocycles. The Morgan fingerprint density at radius 3 is 2.28 bits per heavy atom. The van der Waals surface area contributed by atoms with Crippen LogP contribution in [0.25, 0.3) is 0 Å². The predicted octanol–water partition coefficient (Wildman–Crippen LogP) is 3.98. The van der Waals surface area contributed by atoms with Crippen LogP contribution in [0.1, 0.15) is 81.8 Å². The second-order valence-electron chi connectivity index (χ2n) is 6.18. The summed E-state index contributed by atoms with van der Waals surface area (Å²) in [7, 11) is 0. The fraction of sp³-hybridized carbons (Fsp3) is 0.867. The van der Waals surface area contributed by atoms with Gasteiger partial charge in [0.25, 0.3) is 0 Å². The van der Waals surface area contributed by atoms with Gasteiger partial charge in [0.1, 0.15) is 5.82 Å². The minimum atomic E-state index is 0.634. The number of nitrogens with one attached hydrogen (secondary N) is 1. The van der Waals surface area contributed by atoms with Crippen LogP contribution in [0.4, 0.5) is 0 Å². The average molecular weight is 247 g/mol. The van der Waals surface area contributed by atoms with Gasteiger partial charge in [-0.2, -0.15) is 5.10 Å². The zero-order valence-corrected chi connectivity index (χ0v) is 11.3. The molecule has 3 nitrogen and oxygen atoms in total. The predicted molar refractivity (Wildman–Crippen MR) is 72.5 cm³/mol. The number of hydrogen-bond acceptors (Lipinski definition) is 2.